The minimum Gasteiger partial charge on any atom is -0.368 e. The number of hydrogen-bond acceptors (Lipinski definition) is 2. The average molecular weight is 378 g/mol. The molecule has 1 rings (SSSR count). The fourth-order valence-electron chi connectivity index (χ4n) is 3.44. The number of thioether (sulfide) groups is 1. The lowest BCUT2D eigenvalue weighted by Crippen LogP contribution is -2.41. The van der Waals surface area contributed by atoms with Crippen molar-refractivity contribution in [1.82, 2.24) is 0 Å². The molecule has 2 N–H and O–H groups in total. The Morgan fingerprint density at radius 1 is 0.808 bits per heavy atom. The van der Waals surface area contributed by atoms with Crippen molar-refractivity contribution in [2.45, 2.75) is 107 Å². The highest BCUT2D eigenvalue weighted by Crippen LogP contribution is 2.41. The topological polar surface area (TPSA) is 43.1 Å². The van der Waals surface area contributed by atoms with Crippen LogP contribution in [0.2, 0.25) is 0 Å². The molecule has 0 saturated carbocycles. The molecule has 1 aromatic carbocycles. The summed E-state index contributed by atoms with van der Waals surface area (Å²) in [6.07, 6.45) is 15.4. The van der Waals surface area contributed by atoms with Gasteiger partial charge in [-0.1, -0.05) is 103 Å². The van der Waals surface area contributed by atoms with Gasteiger partial charge in [-0.25, -0.2) is 0 Å². The fraction of sp³-hybridized carbons (Fsp3) is 0.696. The van der Waals surface area contributed by atoms with Crippen molar-refractivity contribution in [3.8, 4) is 0 Å². The predicted octanol–water partition coefficient (Wildman–Crippen LogP) is 7.11. The third-order valence-corrected chi connectivity index (χ3v) is 6.63. The normalized spacial score (nSPS) is 13.5. The Bertz CT molecular complexity index is 476. The van der Waals surface area contributed by atoms with E-state index in [0.717, 1.165) is 30.6 Å². The second-order valence-corrected chi connectivity index (χ2v) is 8.91. The first-order chi connectivity index (χ1) is 12.6. The number of carbonyl (C=O) groups is 1. The maximum atomic E-state index is 12.5. The van der Waals surface area contributed by atoms with Gasteiger partial charge in [0.2, 0.25) is 5.91 Å². The summed E-state index contributed by atoms with van der Waals surface area (Å²) in [5.74, 6) is -0.129. The minimum atomic E-state index is -0.446. The summed E-state index contributed by atoms with van der Waals surface area (Å²) in [6.45, 7) is 4.48. The van der Waals surface area contributed by atoms with Crippen LogP contribution in [-0.2, 0) is 4.79 Å². The van der Waals surface area contributed by atoms with E-state index < -0.39 is 4.75 Å². The number of hydrogen-bond donors (Lipinski definition) is 1. The van der Waals surface area contributed by atoms with Crippen LogP contribution < -0.4 is 5.73 Å². The lowest BCUT2D eigenvalue weighted by Gasteiger charge is -2.30. The molecule has 1 aromatic rings. The van der Waals surface area contributed by atoms with E-state index in [4.69, 9.17) is 5.73 Å². The van der Waals surface area contributed by atoms with Gasteiger partial charge in [0.05, 0.1) is 4.75 Å². The van der Waals surface area contributed by atoms with Gasteiger partial charge in [-0.05, 0) is 25.0 Å². The second-order valence-electron chi connectivity index (χ2n) is 7.46. The molecule has 1 amide bonds. The van der Waals surface area contributed by atoms with Gasteiger partial charge in [0.1, 0.15) is 0 Å². The summed E-state index contributed by atoms with van der Waals surface area (Å²) in [5.41, 5.74) is 5.96. The highest BCUT2D eigenvalue weighted by Gasteiger charge is 2.36. The van der Waals surface area contributed by atoms with E-state index >= 15 is 0 Å². The molecule has 148 valence electrons. The third kappa shape index (κ3) is 9.12. The van der Waals surface area contributed by atoms with E-state index in [1.807, 2.05) is 18.2 Å². The zero-order chi connectivity index (χ0) is 19.1. The molecule has 3 heteroatoms. The van der Waals surface area contributed by atoms with Crippen molar-refractivity contribution >= 4 is 17.7 Å². The first-order valence-electron chi connectivity index (χ1n) is 10.7. The molecule has 0 aliphatic rings. The first kappa shape index (κ1) is 23.1. The fourth-order valence-corrected chi connectivity index (χ4v) is 4.78. The van der Waals surface area contributed by atoms with Crippen LogP contribution in [0.4, 0.5) is 0 Å². The van der Waals surface area contributed by atoms with Gasteiger partial charge in [0.15, 0.2) is 0 Å². The minimum absolute atomic E-state index is 0.129. The number of unbranched alkanes of at least 4 members (excludes halogenated alkanes) is 9. The Balaban J connectivity index is 2.67. The lowest BCUT2D eigenvalue weighted by molar-refractivity contribution is -0.120. The molecule has 0 saturated heterocycles. The molecular weight excluding hydrogens is 338 g/mol. The van der Waals surface area contributed by atoms with Crippen LogP contribution in [0.3, 0.4) is 0 Å². The number of nitrogens with two attached hydrogens (primary N) is 1. The van der Waals surface area contributed by atoms with Crippen LogP contribution in [0.5, 0.6) is 0 Å². The van der Waals surface area contributed by atoms with Gasteiger partial charge in [0, 0.05) is 4.90 Å². The zero-order valence-electron chi connectivity index (χ0n) is 17.0. The Labute approximate surface area is 165 Å². The van der Waals surface area contributed by atoms with Crippen LogP contribution in [-0.4, -0.2) is 10.7 Å². The van der Waals surface area contributed by atoms with Crippen LogP contribution >= 0.6 is 11.8 Å². The smallest absolute Gasteiger partial charge is 0.234 e. The summed E-state index contributed by atoms with van der Waals surface area (Å²) < 4.78 is -0.446. The van der Waals surface area contributed by atoms with E-state index in [0.29, 0.717) is 0 Å². The molecule has 1 unspecified atom stereocenters. The zero-order valence-corrected chi connectivity index (χ0v) is 17.8. The van der Waals surface area contributed by atoms with Crippen LogP contribution in [0.25, 0.3) is 0 Å². The molecule has 0 fully saturated rings. The Morgan fingerprint density at radius 2 is 1.27 bits per heavy atom. The van der Waals surface area contributed by atoms with Crippen LogP contribution in [0.1, 0.15) is 97.3 Å². The summed E-state index contributed by atoms with van der Waals surface area (Å²) >= 11 is 1.70. The molecule has 2 nitrogen and oxygen atoms in total. The summed E-state index contributed by atoms with van der Waals surface area (Å²) in [4.78, 5) is 13.7. The van der Waals surface area contributed by atoms with Crippen LogP contribution in [0, 0.1) is 0 Å². The number of amides is 1. The van der Waals surface area contributed by atoms with E-state index in [1.54, 1.807) is 11.8 Å². The van der Waals surface area contributed by atoms with Crippen molar-refractivity contribution in [3.05, 3.63) is 30.3 Å². The Kier molecular flexibility index (Phi) is 12.6. The predicted molar refractivity (Wildman–Crippen MR) is 116 cm³/mol. The standard InChI is InChI=1S/C23H39NOS/c1-3-5-7-9-11-16-20-23(22(24)25,19-15-10-8-6-4-2)26-21-17-13-12-14-18-21/h12-14,17-18H,3-11,15-16,19-20H2,1-2H3,(H2,24,25). The van der Waals surface area contributed by atoms with E-state index in [2.05, 4.69) is 26.0 Å². The van der Waals surface area contributed by atoms with E-state index in [9.17, 15) is 4.79 Å². The maximum absolute atomic E-state index is 12.5. The van der Waals surface area contributed by atoms with Crippen LogP contribution in [0.15, 0.2) is 35.2 Å². The molecule has 0 spiro atoms. The molecule has 0 heterocycles. The average Bonchev–Trinajstić information content (AvgIpc) is 2.64. The van der Waals surface area contributed by atoms with E-state index in [-0.39, 0.29) is 5.91 Å². The van der Waals surface area contributed by atoms with Crippen molar-refractivity contribution in [2.75, 3.05) is 0 Å². The van der Waals surface area contributed by atoms with Crippen molar-refractivity contribution in [2.24, 2.45) is 5.73 Å². The molecule has 0 bridgehead atoms. The van der Waals surface area contributed by atoms with Gasteiger partial charge in [0.25, 0.3) is 0 Å². The second kappa shape index (κ2) is 14.1. The lowest BCUT2D eigenvalue weighted by atomic mass is 9.92. The largest absolute Gasteiger partial charge is 0.368 e. The molecule has 0 aromatic heterocycles. The van der Waals surface area contributed by atoms with Crippen molar-refractivity contribution < 1.29 is 4.79 Å². The summed E-state index contributed by atoms with van der Waals surface area (Å²) in [7, 11) is 0. The molecular formula is C23H39NOS. The molecule has 0 radical (unpaired) electrons. The SMILES string of the molecule is CCCCCCCCC(CCCCCCC)(Sc1ccccc1)C(N)=O. The molecule has 26 heavy (non-hydrogen) atoms. The van der Waals surface area contributed by atoms with Gasteiger partial charge >= 0.3 is 0 Å². The maximum Gasteiger partial charge on any atom is 0.234 e. The Morgan fingerprint density at radius 3 is 1.73 bits per heavy atom. The van der Waals surface area contributed by atoms with Gasteiger partial charge in [-0.3, -0.25) is 4.79 Å². The monoisotopic (exact) mass is 377 g/mol. The van der Waals surface area contributed by atoms with E-state index in [1.165, 1.54) is 57.8 Å². The highest BCUT2D eigenvalue weighted by molar-refractivity contribution is 8.01. The molecule has 0 aliphatic carbocycles. The first-order valence-corrected chi connectivity index (χ1v) is 11.5. The highest BCUT2D eigenvalue weighted by atomic mass is 32.2. The number of primary amides is 1. The summed E-state index contributed by atoms with van der Waals surface area (Å²) in [6, 6.07) is 10.3. The quantitative estimate of drug-likeness (QED) is 0.246. The number of carbonyl (C=O) groups excluding carboxylic acids is 1. The number of rotatable bonds is 16. The number of benzene rings is 1. The molecule has 0 aliphatic heterocycles. The van der Waals surface area contributed by atoms with Crippen molar-refractivity contribution in [3.63, 3.8) is 0 Å². The van der Waals surface area contributed by atoms with Crippen molar-refractivity contribution in [1.29, 1.82) is 0 Å². The van der Waals surface area contributed by atoms with Gasteiger partial charge < -0.3 is 5.73 Å². The summed E-state index contributed by atoms with van der Waals surface area (Å²) in [5, 5.41) is 0. The third-order valence-electron chi connectivity index (χ3n) is 5.12. The van der Waals surface area contributed by atoms with Gasteiger partial charge in [-0.15, -0.1) is 11.8 Å². The molecule has 1 atom stereocenters. The van der Waals surface area contributed by atoms with Gasteiger partial charge in [-0.2, -0.15) is 0 Å². The Hall–Kier alpha value is -0.960.